The van der Waals surface area contributed by atoms with Crippen LogP contribution in [-0.4, -0.2) is 23.5 Å². The normalized spacial score (nSPS) is 12.4. The van der Waals surface area contributed by atoms with Crippen LogP contribution in [0.15, 0.2) is 0 Å². The predicted octanol–water partition coefficient (Wildman–Crippen LogP) is 5.20. The van der Waals surface area contributed by atoms with Gasteiger partial charge in [-0.2, -0.15) is 0 Å². The summed E-state index contributed by atoms with van der Waals surface area (Å²) >= 11 is 4.08. The van der Waals surface area contributed by atoms with Crippen molar-refractivity contribution in [3.8, 4) is 0 Å². The number of carbonyl (C=O) groups is 2. The van der Waals surface area contributed by atoms with Gasteiger partial charge in [-0.05, 0) is 19.8 Å². The van der Waals surface area contributed by atoms with Gasteiger partial charge >= 0.3 is 0 Å². The molecular weight excluding hydrogens is 326 g/mol. The first-order valence-corrected chi connectivity index (χ1v) is 11.0. The minimum absolute atomic E-state index is 0.0312. The maximum atomic E-state index is 11.6. The highest BCUT2D eigenvalue weighted by Crippen LogP contribution is 2.18. The molecular formula is C18H35NO2S2. The number of hydrogen-bond acceptors (Lipinski definition) is 4. The highest BCUT2D eigenvalue weighted by molar-refractivity contribution is 8.69. The molecule has 0 saturated heterocycles. The van der Waals surface area contributed by atoms with Gasteiger partial charge in [0.15, 0.2) is 0 Å². The fourth-order valence-corrected chi connectivity index (χ4v) is 2.93. The summed E-state index contributed by atoms with van der Waals surface area (Å²) in [5, 5.41) is 2.99. The van der Waals surface area contributed by atoms with Crippen molar-refractivity contribution in [1.82, 2.24) is 5.32 Å². The number of hydrogen-bond donors (Lipinski definition) is 2. The van der Waals surface area contributed by atoms with Gasteiger partial charge in [-0.15, -0.1) is 11.7 Å². The average Bonchev–Trinajstić information content (AvgIpc) is 2.54. The van der Waals surface area contributed by atoms with Crippen molar-refractivity contribution >= 4 is 34.1 Å². The summed E-state index contributed by atoms with van der Waals surface area (Å²) in [6, 6.07) is 0. The van der Waals surface area contributed by atoms with E-state index >= 15 is 0 Å². The van der Waals surface area contributed by atoms with Crippen LogP contribution >= 0.6 is 22.5 Å². The molecule has 1 unspecified atom stereocenters. The van der Waals surface area contributed by atoms with E-state index < -0.39 is 0 Å². The van der Waals surface area contributed by atoms with Crippen molar-refractivity contribution in [3.63, 3.8) is 0 Å². The zero-order chi connectivity index (χ0) is 17.5. The quantitative estimate of drug-likeness (QED) is 0.239. The topological polar surface area (TPSA) is 46.2 Å². The van der Waals surface area contributed by atoms with E-state index in [4.69, 9.17) is 0 Å². The molecule has 0 aliphatic carbocycles. The molecule has 0 aliphatic rings. The molecule has 0 bridgehead atoms. The molecule has 0 rings (SSSR count). The number of carbonyl (C=O) groups excluding carboxylic acids is 2. The van der Waals surface area contributed by atoms with Gasteiger partial charge < -0.3 is 5.32 Å². The van der Waals surface area contributed by atoms with E-state index in [9.17, 15) is 9.59 Å². The number of thiol groups is 1. The van der Waals surface area contributed by atoms with Crippen LogP contribution in [0.4, 0.5) is 0 Å². The van der Waals surface area contributed by atoms with E-state index in [1.165, 1.54) is 49.3 Å². The summed E-state index contributed by atoms with van der Waals surface area (Å²) < 4.78 is 0. The number of amides is 1. The van der Waals surface area contributed by atoms with Gasteiger partial charge in [0.1, 0.15) is 5.78 Å². The Labute approximate surface area is 151 Å². The van der Waals surface area contributed by atoms with Crippen LogP contribution in [0.25, 0.3) is 0 Å². The summed E-state index contributed by atoms with van der Waals surface area (Å²) in [5.41, 5.74) is 0. The maximum absolute atomic E-state index is 11.6. The molecule has 5 heteroatoms. The lowest BCUT2D eigenvalue weighted by atomic mass is 10.0. The Morgan fingerprint density at radius 1 is 0.870 bits per heavy atom. The third-order valence-corrected chi connectivity index (χ3v) is 5.56. The number of nitrogens with one attached hydrogen (secondary N) is 1. The Morgan fingerprint density at radius 2 is 1.35 bits per heavy atom. The van der Waals surface area contributed by atoms with Gasteiger partial charge in [0.25, 0.3) is 0 Å². The molecule has 0 aromatic carbocycles. The molecule has 1 N–H and O–H groups in total. The summed E-state index contributed by atoms with van der Waals surface area (Å²) in [4.78, 5) is 23.0. The standard InChI is InChI=1S/C18H35NO2S2/c1-15(2)18(21)19-14-12-10-8-6-4-5-7-9-11-13-17(20)16(3)23-22/h15-16,22H,4-14H2,1-3H3,(H,19,21). The lowest BCUT2D eigenvalue weighted by Crippen LogP contribution is -2.28. The summed E-state index contributed by atoms with van der Waals surface area (Å²) in [6.07, 6.45) is 11.5. The van der Waals surface area contributed by atoms with Crippen LogP contribution in [0.3, 0.4) is 0 Å². The van der Waals surface area contributed by atoms with Gasteiger partial charge in [-0.3, -0.25) is 9.59 Å². The summed E-state index contributed by atoms with van der Waals surface area (Å²) in [7, 11) is 1.34. The Morgan fingerprint density at radius 3 is 1.83 bits per heavy atom. The summed E-state index contributed by atoms with van der Waals surface area (Å²) in [5.74, 6) is 0.575. The second-order valence-electron chi connectivity index (χ2n) is 6.59. The van der Waals surface area contributed by atoms with E-state index in [-0.39, 0.29) is 17.1 Å². The monoisotopic (exact) mass is 361 g/mol. The van der Waals surface area contributed by atoms with Crippen LogP contribution < -0.4 is 5.32 Å². The van der Waals surface area contributed by atoms with Gasteiger partial charge in [0, 0.05) is 18.9 Å². The highest BCUT2D eigenvalue weighted by Gasteiger charge is 2.10. The van der Waals surface area contributed by atoms with Gasteiger partial charge in [-0.1, -0.05) is 69.6 Å². The SMILES string of the molecule is CC(C)C(=O)NCCCCCCCCCCCC(=O)C(C)SS. The molecule has 0 saturated carbocycles. The van der Waals surface area contributed by atoms with Gasteiger partial charge in [-0.25, -0.2) is 0 Å². The van der Waals surface area contributed by atoms with Crippen LogP contribution in [0.5, 0.6) is 0 Å². The average molecular weight is 362 g/mol. The van der Waals surface area contributed by atoms with Crippen LogP contribution in [-0.2, 0) is 9.59 Å². The Hall–Kier alpha value is -0.160. The van der Waals surface area contributed by atoms with Crippen molar-refractivity contribution in [2.75, 3.05) is 6.54 Å². The second-order valence-corrected chi connectivity index (χ2v) is 8.14. The zero-order valence-corrected chi connectivity index (χ0v) is 16.8. The first-order valence-electron chi connectivity index (χ1n) is 9.09. The predicted molar refractivity (Wildman–Crippen MR) is 105 cm³/mol. The molecule has 0 aliphatic heterocycles. The number of unbranched alkanes of at least 4 members (excludes halogenated alkanes) is 8. The number of Topliss-reactive ketones (excluding diaryl/α,β-unsaturated/α-hetero) is 1. The smallest absolute Gasteiger partial charge is 0.222 e. The fraction of sp³-hybridized carbons (Fsp3) is 0.889. The van der Waals surface area contributed by atoms with E-state index in [0.29, 0.717) is 12.2 Å². The number of rotatable bonds is 15. The molecule has 136 valence electrons. The van der Waals surface area contributed by atoms with Crippen molar-refractivity contribution in [1.29, 1.82) is 0 Å². The minimum atomic E-state index is 0.0312. The fourth-order valence-electron chi connectivity index (χ4n) is 2.34. The molecule has 0 aromatic heterocycles. The van der Waals surface area contributed by atoms with E-state index in [2.05, 4.69) is 17.0 Å². The molecule has 0 radical (unpaired) electrons. The molecule has 3 nitrogen and oxygen atoms in total. The van der Waals surface area contributed by atoms with Crippen LogP contribution in [0, 0.1) is 5.92 Å². The molecule has 0 heterocycles. The Bertz CT molecular complexity index is 322. The molecule has 0 aromatic rings. The van der Waals surface area contributed by atoms with Crippen molar-refractivity contribution in [3.05, 3.63) is 0 Å². The van der Waals surface area contributed by atoms with Crippen molar-refractivity contribution in [2.24, 2.45) is 5.92 Å². The van der Waals surface area contributed by atoms with Crippen molar-refractivity contribution < 1.29 is 9.59 Å². The molecule has 23 heavy (non-hydrogen) atoms. The molecule has 1 atom stereocenters. The zero-order valence-electron chi connectivity index (χ0n) is 15.1. The van der Waals surface area contributed by atoms with Crippen molar-refractivity contribution in [2.45, 2.75) is 90.2 Å². The molecule has 1 amide bonds. The van der Waals surface area contributed by atoms with Gasteiger partial charge in [0.2, 0.25) is 5.91 Å². The lowest BCUT2D eigenvalue weighted by Gasteiger charge is -2.07. The maximum Gasteiger partial charge on any atom is 0.222 e. The third-order valence-electron chi connectivity index (χ3n) is 4.04. The van der Waals surface area contributed by atoms with E-state index in [1.54, 1.807) is 0 Å². The second kappa shape index (κ2) is 15.4. The first kappa shape index (κ1) is 22.8. The molecule has 0 fully saturated rings. The largest absolute Gasteiger partial charge is 0.356 e. The highest BCUT2D eigenvalue weighted by atomic mass is 33.1. The number of ketones is 1. The van der Waals surface area contributed by atoms with E-state index in [0.717, 1.165) is 25.8 Å². The Kier molecular flexibility index (Phi) is 15.3. The summed E-state index contributed by atoms with van der Waals surface area (Å²) in [6.45, 7) is 6.58. The Balaban J connectivity index is 3.22. The third kappa shape index (κ3) is 13.9. The van der Waals surface area contributed by atoms with Gasteiger partial charge in [0.05, 0.1) is 5.25 Å². The lowest BCUT2D eigenvalue weighted by molar-refractivity contribution is -0.124. The minimum Gasteiger partial charge on any atom is -0.356 e. The van der Waals surface area contributed by atoms with Crippen LogP contribution in [0.1, 0.15) is 85.0 Å². The van der Waals surface area contributed by atoms with E-state index in [1.807, 2.05) is 20.8 Å². The first-order chi connectivity index (χ1) is 11.0. The van der Waals surface area contributed by atoms with Crippen LogP contribution in [0.2, 0.25) is 0 Å². The molecule has 0 spiro atoms.